The molecular weight excluding hydrogens is 611 g/mol. The average molecular weight is 642 g/mol. The zero-order chi connectivity index (χ0) is 31.5. The minimum absolute atomic E-state index is 0.107. The van der Waals surface area contributed by atoms with E-state index in [-0.39, 0.29) is 32.8 Å². The largest absolute Gasteiger partial charge is 0.459 e. The number of ketones is 1. The second kappa shape index (κ2) is 12.8. The first-order valence-corrected chi connectivity index (χ1v) is 15.5. The lowest BCUT2D eigenvalue weighted by Gasteiger charge is -2.27. The van der Waals surface area contributed by atoms with Crippen LogP contribution in [0.3, 0.4) is 0 Å². The normalized spacial score (nSPS) is 11.7. The Morgan fingerprint density at radius 2 is 1.49 bits per heavy atom. The van der Waals surface area contributed by atoms with Crippen LogP contribution in [-0.2, 0) is 26.0 Å². The average Bonchev–Trinajstić information content (AvgIpc) is 2.92. The van der Waals surface area contributed by atoms with Crippen molar-refractivity contribution in [3.63, 3.8) is 0 Å². The van der Waals surface area contributed by atoms with Gasteiger partial charge in [-0.15, -0.1) is 0 Å². The van der Waals surface area contributed by atoms with Gasteiger partial charge in [-0.2, -0.15) is 0 Å². The molecule has 1 amide bonds. The summed E-state index contributed by atoms with van der Waals surface area (Å²) in [6.45, 7) is 4.40. The second-order valence-corrected chi connectivity index (χ2v) is 13.6. The van der Waals surface area contributed by atoms with Gasteiger partial charge in [0.05, 0.1) is 10.6 Å². The van der Waals surface area contributed by atoms with E-state index >= 15 is 0 Å². The molecule has 8 nitrogen and oxygen atoms in total. The number of esters is 1. The van der Waals surface area contributed by atoms with Gasteiger partial charge in [0.15, 0.2) is 5.78 Å². The number of carbonyl (C=O) groups excluding carboxylic acids is 3. The summed E-state index contributed by atoms with van der Waals surface area (Å²) in [4.78, 5) is 37.8. The van der Waals surface area contributed by atoms with Crippen molar-refractivity contribution in [2.45, 2.75) is 44.1 Å². The van der Waals surface area contributed by atoms with Crippen molar-refractivity contribution in [1.82, 2.24) is 0 Å². The van der Waals surface area contributed by atoms with Crippen LogP contribution in [0.15, 0.2) is 83.8 Å². The summed E-state index contributed by atoms with van der Waals surface area (Å²) < 4.78 is 34.5. The topological polar surface area (TPSA) is 124 Å². The Labute approximate surface area is 260 Å². The molecule has 0 saturated carbocycles. The molecule has 0 fully saturated rings. The number of hydrogen-bond donors (Lipinski definition) is 1. The van der Waals surface area contributed by atoms with E-state index in [4.69, 9.17) is 33.7 Å². The van der Waals surface area contributed by atoms with Gasteiger partial charge in [-0.05, 0) is 74.5 Å². The fourth-order valence-corrected chi connectivity index (χ4v) is 6.78. The maximum Gasteiger partial charge on any atom is 0.327 e. The number of benzene rings is 4. The minimum atomic E-state index is -4.39. The Morgan fingerprint density at radius 1 is 0.860 bits per heavy atom. The molecule has 224 valence electrons. The molecule has 0 aliphatic heterocycles. The van der Waals surface area contributed by atoms with Crippen LogP contribution < -0.4 is 10.0 Å². The number of nitrogens with two attached hydrogens (primary N) is 1. The van der Waals surface area contributed by atoms with Gasteiger partial charge >= 0.3 is 5.97 Å². The van der Waals surface area contributed by atoms with Crippen LogP contribution in [0.5, 0.6) is 0 Å². The standard InChI is InChI=1S/C32H30Cl2N2O6S/c1-32(2,3)42-30(38)19-36(43(40,41)24-17-22(33)16-23(34)18-24)28-12-6-9-25-26(28)10-5-11-27(25)29(37)14-13-20-7-4-8-21(15-20)31(35)39/h4-12,15-18H,13-14,19H2,1-3H3,(H2,35,39). The molecule has 0 aliphatic rings. The molecule has 43 heavy (non-hydrogen) atoms. The first kappa shape index (κ1) is 32.0. The van der Waals surface area contributed by atoms with E-state index in [1.807, 2.05) is 6.07 Å². The summed E-state index contributed by atoms with van der Waals surface area (Å²) in [6, 6.07) is 20.6. The summed E-state index contributed by atoms with van der Waals surface area (Å²) in [6.07, 6.45) is 0.497. The Hall–Kier alpha value is -3.92. The molecule has 4 rings (SSSR count). The third kappa shape index (κ3) is 7.73. The lowest BCUT2D eigenvalue weighted by atomic mass is 9.96. The zero-order valence-electron chi connectivity index (χ0n) is 23.8. The number of primary amides is 1. The number of ether oxygens (including phenoxy) is 1. The number of aryl methyl sites for hydroxylation is 1. The van der Waals surface area contributed by atoms with E-state index in [0.717, 1.165) is 9.87 Å². The van der Waals surface area contributed by atoms with Crippen molar-refractivity contribution in [3.05, 3.63) is 106 Å². The van der Waals surface area contributed by atoms with Crippen LogP contribution in [0.4, 0.5) is 5.69 Å². The van der Waals surface area contributed by atoms with E-state index < -0.39 is 34.0 Å². The maximum atomic E-state index is 14.0. The van der Waals surface area contributed by atoms with Crippen LogP contribution in [0, 0.1) is 0 Å². The molecule has 0 bridgehead atoms. The van der Waals surface area contributed by atoms with Gasteiger partial charge in [-0.3, -0.25) is 18.7 Å². The lowest BCUT2D eigenvalue weighted by molar-refractivity contribution is -0.152. The van der Waals surface area contributed by atoms with E-state index in [2.05, 4.69) is 0 Å². The van der Waals surface area contributed by atoms with Crippen molar-refractivity contribution in [2.75, 3.05) is 10.8 Å². The highest BCUT2D eigenvalue weighted by Crippen LogP contribution is 2.34. The Balaban J connectivity index is 1.77. The van der Waals surface area contributed by atoms with Crippen molar-refractivity contribution in [3.8, 4) is 0 Å². The number of halogens is 2. The van der Waals surface area contributed by atoms with E-state index in [1.54, 1.807) is 75.4 Å². The third-order valence-corrected chi connectivity index (χ3v) is 8.61. The molecule has 0 aromatic heterocycles. The molecule has 4 aromatic rings. The predicted octanol–water partition coefficient (Wildman–Crippen LogP) is 6.60. The molecule has 0 unspecified atom stereocenters. The molecular formula is C32H30Cl2N2O6S. The Bertz CT molecular complexity index is 1810. The molecule has 0 spiro atoms. The van der Waals surface area contributed by atoms with Crippen LogP contribution in [0.1, 0.15) is 53.5 Å². The van der Waals surface area contributed by atoms with Crippen LogP contribution in [0.25, 0.3) is 10.8 Å². The van der Waals surface area contributed by atoms with Gasteiger partial charge < -0.3 is 10.5 Å². The quantitative estimate of drug-likeness (QED) is 0.154. The van der Waals surface area contributed by atoms with Crippen molar-refractivity contribution < 1.29 is 27.5 Å². The molecule has 0 atom stereocenters. The van der Waals surface area contributed by atoms with Crippen molar-refractivity contribution in [2.24, 2.45) is 5.73 Å². The van der Waals surface area contributed by atoms with Gasteiger partial charge in [0.1, 0.15) is 12.1 Å². The smallest absolute Gasteiger partial charge is 0.327 e. The first-order valence-electron chi connectivity index (χ1n) is 13.3. The predicted molar refractivity (Wildman–Crippen MR) is 168 cm³/mol. The molecule has 11 heteroatoms. The Morgan fingerprint density at radius 3 is 2.14 bits per heavy atom. The van der Waals surface area contributed by atoms with Gasteiger partial charge in [0, 0.05) is 33.0 Å². The maximum absolute atomic E-state index is 14.0. The third-order valence-electron chi connectivity index (χ3n) is 6.44. The number of rotatable bonds is 10. The number of anilines is 1. The minimum Gasteiger partial charge on any atom is -0.459 e. The number of amides is 1. The van der Waals surface area contributed by atoms with E-state index in [0.29, 0.717) is 28.3 Å². The first-order chi connectivity index (χ1) is 20.2. The summed E-state index contributed by atoms with van der Waals surface area (Å²) >= 11 is 12.3. The highest BCUT2D eigenvalue weighted by molar-refractivity contribution is 7.93. The summed E-state index contributed by atoms with van der Waals surface area (Å²) in [5.74, 6) is -1.51. The highest BCUT2D eigenvalue weighted by atomic mass is 35.5. The number of nitrogens with zero attached hydrogens (tertiary/aromatic N) is 1. The van der Waals surface area contributed by atoms with Gasteiger partial charge in [-0.25, -0.2) is 8.42 Å². The molecule has 0 aliphatic carbocycles. The highest BCUT2D eigenvalue weighted by Gasteiger charge is 2.31. The molecule has 0 saturated heterocycles. The zero-order valence-corrected chi connectivity index (χ0v) is 26.1. The number of Topliss-reactive ketones (excluding diaryl/α,β-unsaturated/α-hetero) is 1. The van der Waals surface area contributed by atoms with Crippen LogP contribution in [-0.4, -0.2) is 38.2 Å². The fraction of sp³-hybridized carbons (Fsp3) is 0.219. The van der Waals surface area contributed by atoms with Crippen molar-refractivity contribution in [1.29, 1.82) is 0 Å². The number of sulfonamides is 1. The summed E-state index contributed by atoms with van der Waals surface area (Å²) in [7, 11) is -4.39. The molecule has 4 aromatic carbocycles. The lowest BCUT2D eigenvalue weighted by Crippen LogP contribution is -2.39. The monoisotopic (exact) mass is 640 g/mol. The molecule has 0 heterocycles. The molecule has 0 radical (unpaired) electrons. The van der Waals surface area contributed by atoms with Crippen LogP contribution >= 0.6 is 23.2 Å². The van der Waals surface area contributed by atoms with Crippen molar-refractivity contribution >= 4 is 67.3 Å². The summed E-state index contributed by atoms with van der Waals surface area (Å²) in [5, 5.41) is 1.15. The molecule has 2 N–H and O–H groups in total. The number of hydrogen-bond acceptors (Lipinski definition) is 6. The SMILES string of the molecule is CC(C)(C)OC(=O)CN(c1cccc2c(C(=O)CCc3cccc(C(N)=O)c3)cccc12)S(=O)(=O)c1cc(Cl)cc(Cl)c1. The Kier molecular flexibility index (Phi) is 9.49. The van der Waals surface area contributed by atoms with Gasteiger partial charge in [0.25, 0.3) is 10.0 Å². The van der Waals surface area contributed by atoms with Crippen LogP contribution in [0.2, 0.25) is 10.0 Å². The van der Waals surface area contributed by atoms with E-state index in [9.17, 15) is 22.8 Å². The fourth-order valence-electron chi connectivity index (χ4n) is 4.62. The van der Waals surface area contributed by atoms with Gasteiger partial charge in [0.2, 0.25) is 5.91 Å². The van der Waals surface area contributed by atoms with Gasteiger partial charge in [-0.1, -0.05) is 65.7 Å². The summed E-state index contributed by atoms with van der Waals surface area (Å²) in [5.41, 5.74) is 6.20. The van der Waals surface area contributed by atoms with E-state index in [1.165, 1.54) is 18.2 Å². The second-order valence-electron chi connectivity index (χ2n) is 10.9. The number of carbonyl (C=O) groups is 3. The number of fused-ring (bicyclic) bond motifs is 1.